The second-order valence-electron chi connectivity index (χ2n) is 4.92. The predicted molar refractivity (Wildman–Crippen MR) is 87.2 cm³/mol. The van der Waals surface area contributed by atoms with E-state index in [1.165, 1.54) is 6.07 Å². The Morgan fingerprint density at radius 3 is 2.77 bits per heavy atom. The van der Waals surface area contributed by atoms with E-state index in [4.69, 9.17) is 0 Å². The topological polar surface area (TPSA) is 65.1 Å². The highest BCUT2D eigenvalue weighted by Gasteiger charge is 2.11. The third-order valence-corrected chi connectivity index (χ3v) is 3.97. The highest BCUT2D eigenvalue weighted by molar-refractivity contribution is 9.10. The lowest BCUT2D eigenvalue weighted by Crippen LogP contribution is -1.99. The first-order chi connectivity index (χ1) is 10.6. The number of aldehydes is 1. The van der Waals surface area contributed by atoms with Crippen LogP contribution in [0.4, 0.5) is 5.69 Å². The summed E-state index contributed by atoms with van der Waals surface area (Å²) in [5.74, 6) is 0. The van der Waals surface area contributed by atoms with Crippen molar-refractivity contribution in [2.75, 3.05) is 0 Å². The fourth-order valence-corrected chi connectivity index (χ4v) is 2.85. The van der Waals surface area contributed by atoms with Crippen LogP contribution in [0.3, 0.4) is 0 Å². The van der Waals surface area contributed by atoms with Gasteiger partial charge in [-0.25, -0.2) is 0 Å². The molecule has 6 heteroatoms. The predicted octanol–water partition coefficient (Wildman–Crippen LogP) is 4.17. The molecule has 2 aromatic carbocycles. The zero-order valence-corrected chi connectivity index (χ0v) is 13.0. The molecule has 3 rings (SSSR count). The maximum absolute atomic E-state index is 11.2. The zero-order valence-electron chi connectivity index (χ0n) is 11.4. The van der Waals surface area contributed by atoms with E-state index in [0.717, 1.165) is 27.2 Å². The number of aromatic nitrogens is 1. The van der Waals surface area contributed by atoms with Crippen LogP contribution in [0, 0.1) is 10.1 Å². The second kappa shape index (κ2) is 5.73. The third kappa shape index (κ3) is 2.65. The molecule has 0 spiro atoms. The average molecular weight is 359 g/mol. The number of nitro groups is 1. The molecule has 0 fully saturated rings. The van der Waals surface area contributed by atoms with E-state index in [-0.39, 0.29) is 5.69 Å². The lowest BCUT2D eigenvalue weighted by atomic mass is 10.2. The summed E-state index contributed by atoms with van der Waals surface area (Å²) < 4.78 is 2.82. The van der Waals surface area contributed by atoms with Gasteiger partial charge in [-0.05, 0) is 23.8 Å². The maximum Gasteiger partial charge on any atom is 0.269 e. The fraction of sp³-hybridized carbons (Fsp3) is 0.0625. The van der Waals surface area contributed by atoms with Crippen LogP contribution in [-0.4, -0.2) is 15.8 Å². The molecule has 22 heavy (non-hydrogen) atoms. The van der Waals surface area contributed by atoms with Crippen molar-refractivity contribution in [2.45, 2.75) is 6.54 Å². The molecule has 0 aliphatic carbocycles. The van der Waals surface area contributed by atoms with Crippen LogP contribution >= 0.6 is 15.9 Å². The first-order valence-electron chi connectivity index (χ1n) is 6.55. The summed E-state index contributed by atoms with van der Waals surface area (Å²) in [6.07, 6.45) is 2.58. The van der Waals surface area contributed by atoms with Crippen LogP contribution in [0.25, 0.3) is 10.9 Å². The summed E-state index contributed by atoms with van der Waals surface area (Å²) in [6, 6.07) is 12.2. The first kappa shape index (κ1) is 14.5. The van der Waals surface area contributed by atoms with E-state index in [0.29, 0.717) is 12.1 Å². The monoisotopic (exact) mass is 358 g/mol. The molecule has 0 N–H and O–H groups in total. The molecule has 0 aliphatic heterocycles. The largest absolute Gasteiger partial charge is 0.342 e. The van der Waals surface area contributed by atoms with Gasteiger partial charge in [0.25, 0.3) is 5.69 Å². The number of benzene rings is 2. The Morgan fingerprint density at radius 1 is 1.23 bits per heavy atom. The summed E-state index contributed by atoms with van der Waals surface area (Å²) in [4.78, 5) is 21.7. The van der Waals surface area contributed by atoms with Crippen molar-refractivity contribution < 1.29 is 9.72 Å². The van der Waals surface area contributed by atoms with Crippen LogP contribution in [0.15, 0.2) is 53.1 Å². The number of nitro benzene ring substituents is 1. The average Bonchev–Trinajstić information content (AvgIpc) is 2.84. The van der Waals surface area contributed by atoms with Gasteiger partial charge in [-0.15, -0.1) is 0 Å². The van der Waals surface area contributed by atoms with Crippen molar-refractivity contribution in [1.29, 1.82) is 0 Å². The van der Waals surface area contributed by atoms with Crippen molar-refractivity contribution in [3.63, 3.8) is 0 Å². The van der Waals surface area contributed by atoms with E-state index in [1.54, 1.807) is 18.3 Å². The Morgan fingerprint density at radius 2 is 2.05 bits per heavy atom. The minimum Gasteiger partial charge on any atom is -0.342 e. The maximum atomic E-state index is 11.2. The van der Waals surface area contributed by atoms with E-state index >= 15 is 0 Å². The minimum atomic E-state index is -0.411. The summed E-state index contributed by atoms with van der Waals surface area (Å²) in [5, 5.41) is 11.7. The van der Waals surface area contributed by atoms with Crippen LogP contribution in [0.2, 0.25) is 0 Å². The van der Waals surface area contributed by atoms with Crippen LogP contribution in [0.1, 0.15) is 15.9 Å². The van der Waals surface area contributed by atoms with Gasteiger partial charge in [0.2, 0.25) is 0 Å². The molecule has 0 unspecified atom stereocenters. The Balaban J connectivity index is 2.06. The number of rotatable bonds is 4. The molecule has 0 bridgehead atoms. The minimum absolute atomic E-state index is 0.0623. The summed E-state index contributed by atoms with van der Waals surface area (Å²) in [5.41, 5.74) is 2.39. The van der Waals surface area contributed by atoms with E-state index in [1.807, 2.05) is 28.8 Å². The Labute approximate surface area is 134 Å². The van der Waals surface area contributed by atoms with Crippen molar-refractivity contribution in [3.8, 4) is 0 Å². The number of halogens is 1. The van der Waals surface area contributed by atoms with Gasteiger partial charge in [0.1, 0.15) is 0 Å². The zero-order chi connectivity index (χ0) is 15.7. The van der Waals surface area contributed by atoms with Crippen LogP contribution in [0.5, 0.6) is 0 Å². The third-order valence-electron chi connectivity index (χ3n) is 3.48. The molecule has 0 saturated heterocycles. The fourth-order valence-electron chi connectivity index (χ4n) is 2.49. The molecule has 0 saturated carbocycles. The Bertz CT molecular complexity index is 886. The van der Waals surface area contributed by atoms with E-state index in [9.17, 15) is 14.9 Å². The molecule has 0 aliphatic rings. The van der Waals surface area contributed by atoms with Crippen molar-refractivity contribution in [1.82, 2.24) is 4.57 Å². The molecular weight excluding hydrogens is 348 g/mol. The second-order valence-corrected chi connectivity index (χ2v) is 5.83. The lowest BCUT2D eigenvalue weighted by molar-refractivity contribution is -0.384. The van der Waals surface area contributed by atoms with Gasteiger partial charge in [-0.1, -0.05) is 28.1 Å². The number of hydrogen-bond donors (Lipinski definition) is 0. The van der Waals surface area contributed by atoms with E-state index in [2.05, 4.69) is 15.9 Å². The van der Waals surface area contributed by atoms with Crippen LogP contribution < -0.4 is 0 Å². The summed E-state index contributed by atoms with van der Waals surface area (Å²) >= 11 is 3.40. The van der Waals surface area contributed by atoms with Gasteiger partial charge in [0.05, 0.1) is 4.92 Å². The van der Waals surface area contributed by atoms with Crippen molar-refractivity contribution in [3.05, 3.63) is 74.4 Å². The number of non-ortho nitro benzene ring substituents is 1. The van der Waals surface area contributed by atoms with Gasteiger partial charge in [0.15, 0.2) is 6.29 Å². The molecule has 3 aromatic rings. The molecular formula is C16H11BrN2O3. The van der Waals surface area contributed by atoms with Gasteiger partial charge < -0.3 is 4.57 Å². The molecule has 1 aromatic heterocycles. The first-order valence-corrected chi connectivity index (χ1v) is 7.34. The van der Waals surface area contributed by atoms with Gasteiger partial charge >= 0.3 is 0 Å². The van der Waals surface area contributed by atoms with Gasteiger partial charge in [0, 0.05) is 45.8 Å². The molecule has 0 amide bonds. The molecule has 1 heterocycles. The normalized spacial score (nSPS) is 10.8. The van der Waals surface area contributed by atoms with Crippen molar-refractivity contribution in [2.24, 2.45) is 0 Å². The lowest BCUT2D eigenvalue weighted by Gasteiger charge is -2.05. The molecule has 0 radical (unpaired) electrons. The van der Waals surface area contributed by atoms with Gasteiger partial charge in [-0.2, -0.15) is 0 Å². The molecule has 110 valence electrons. The van der Waals surface area contributed by atoms with Crippen LogP contribution in [-0.2, 0) is 6.54 Å². The number of carbonyl (C=O) groups excluding carboxylic acids is 1. The van der Waals surface area contributed by atoms with Crippen molar-refractivity contribution >= 4 is 38.8 Å². The number of hydrogen-bond acceptors (Lipinski definition) is 3. The molecule has 0 atom stereocenters. The van der Waals surface area contributed by atoms with E-state index < -0.39 is 4.92 Å². The standard InChI is InChI=1S/C16H11BrN2O3/c17-13-4-5-16-15(7-13)12(10-20)9-18(16)8-11-2-1-3-14(6-11)19(21)22/h1-7,9-10H,8H2. The summed E-state index contributed by atoms with van der Waals surface area (Å²) in [7, 11) is 0. The highest BCUT2D eigenvalue weighted by Crippen LogP contribution is 2.25. The quantitative estimate of drug-likeness (QED) is 0.399. The number of carbonyl (C=O) groups is 1. The SMILES string of the molecule is O=Cc1cn(Cc2cccc([N+](=O)[O-])c2)c2ccc(Br)cc12. The Hall–Kier alpha value is -2.47. The summed E-state index contributed by atoms with van der Waals surface area (Å²) in [6.45, 7) is 0.466. The van der Waals surface area contributed by atoms with Gasteiger partial charge in [-0.3, -0.25) is 14.9 Å². The highest BCUT2D eigenvalue weighted by atomic mass is 79.9. The molecule has 5 nitrogen and oxygen atoms in total. The number of nitrogens with zero attached hydrogens (tertiary/aromatic N) is 2. The number of fused-ring (bicyclic) bond motifs is 1. The Kier molecular flexibility index (Phi) is 3.77. The smallest absolute Gasteiger partial charge is 0.269 e.